The number of amides is 2. The molecule has 4 rings (SSSR count). The number of carbonyl (C=O) groups excluding carboxylic acids is 2. The van der Waals surface area contributed by atoms with Crippen molar-refractivity contribution in [2.75, 3.05) is 16.8 Å². The number of rotatable bonds is 3. The molecule has 6 nitrogen and oxygen atoms in total. The maximum atomic E-state index is 14.7. The lowest BCUT2D eigenvalue weighted by Gasteiger charge is -2.24. The zero-order valence-corrected chi connectivity index (χ0v) is 16.8. The third-order valence-corrected chi connectivity index (χ3v) is 5.18. The minimum absolute atomic E-state index is 0.111. The third kappa shape index (κ3) is 3.84. The molecule has 1 atom stereocenters. The molecule has 1 N–H and O–H groups in total. The molecule has 1 aromatic carbocycles. The summed E-state index contributed by atoms with van der Waals surface area (Å²) >= 11 is 5.63. The SMILES string of the molecule is CC1C(=O)N(CC(=O)Nc2ccc(Cl)c(F)c2)c2cc(F)nc(F)c2-c2cccnc21. The standard InChI is InChI=1S/C21H14ClF3N4O2/c1-10-19-12(3-2-6-26-19)18-15(8-16(24)28-20(18)25)29(21(10)31)9-17(30)27-11-4-5-13(22)14(23)7-11/h2-8,10H,9H2,1H3,(H,27,30). The highest BCUT2D eigenvalue weighted by Gasteiger charge is 2.35. The van der Waals surface area contributed by atoms with E-state index in [1.54, 1.807) is 19.1 Å². The molecule has 0 radical (unpaired) electrons. The monoisotopic (exact) mass is 446 g/mol. The van der Waals surface area contributed by atoms with Gasteiger partial charge >= 0.3 is 0 Å². The highest BCUT2D eigenvalue weighted by atomic mass is 35.5. The number of hydrogen-bond donors (Lipinski definition) is 1. The highest BCUT2D eigenvalue weighted by molar-refractivity contribution is 6.30. The summed E-state index contributed by atoms with van der Waals surface area (Å²) in [5.41, 5.74) is 0.396. The van der Waals surface area contributed by atoms with Gasteiger partial charge in [0.05, 0.1) is 27.9 Å². The second kappa shape index (κ2) is 7.99. The summed E-state index contributed by atoms with van der Waals surface area (Å²) in [5.74, 6) is -5.13. The molecule has 2 aromatic heterocycles. The fourth-order valence-electron chi connectivity index (χ4n) is 3.46. The van der Waals surface area contributed by atoms with Crippen molar-refractivity contribution in [3.05, 3.63) is 71.0 Å². The molecule has 1 unspecified atom stereocenters. The van der Waals surface area contributed by atoms with E-state index in [0.29, 0.717) is 0 Å². The first kappa shape index (κ1) is 20.8. The molecule has 158 valence electrons. The van der Waals surface area contributed by atoms with Gasteiger partial charge in [-0.1, -0.05) is 17.7 Å². The Morgan fingerprint density at radius 3 is 2.74 bits per heavy atom. The lowest BCUT2D eigenvalue weighted by Crippen LogP contribution is -2.40. The van der Waals surface area contributed by atoms with Crippen molar-refractivity contribution in [1.82, 2.24) is 9.97 Å². The van der Waals surface area contributed by atoms with Gasteiger partial charge in [-0.05, 0) is 31.2 Å². The molecule has 0 aliphatic carbocycles. The number of pyridine rings is 2. The maximum Gasteiger partial charge on any atom is 0.244 e. The van der Waals surface area contributed by atoms with Crippen LogP contribution in [0.2, 0.25) is 5.02 Å². The molecular weight excluding hydrogens is 433 g/mol. The van der Waals surface area contributed by atoms with E-state index >= 15 is 0 Å². The molecule has 0 fully saturated rings. The number of anilines is 2. The summed E-state index contributed by atoms with van der Waals surface area (Å²) in [6.45, 7) is 0.985. The summed E-state index contributed by atoms with van der Waals surface area (Å²) < 4.78 is 42.3. The zero-order valence-electron chi connectivity index (χ0n) is 16.0. The number of halogens is 4. The van der Waals surface area contributed by atoms with Crippen LogP contribution in [0.15, 0.2) is 42.6 Å². The molecule has 3 heterocycles. The molecule has 0 saturated carbocycles. The van der Waals surface area contributed by atoms with Gasteiger partial charge in [-0.25, -0.2) is 4.39 Å². The van der Waals surface area contributed by atoms with Crippen LogP contribution in [0.1, 0.15) is 18.5 Å². The van der Waals surface area contributed by atoms with Crippen LogP contribution in [0.25, 0.3) is 11.1 Å². The Balaban J connectivity index is 1.75. The van der Waals surface area contributed by atoms with Crippen molar-refractivity contribution in [2.24, 2.45) is 0 Å². The Labute approximate surface area is 179 Å². The van der Waals surface area contributed by atoms with Gasteiger partial charge in [-0.15, -0.1) is 0 Å². The smallest absolute Gasteiger partial charge is 0.244 e. The van der Waals surface area contributed by atoms with Gasteiger partial charge in [0.2, 0.25) is 23.7 Å². The topological polar surface area (TPSA) is 75.2 Å². The molecule has 2 amide bonds. The second-order valence-electron chi connectivity index (χ2n) is 6.89. The fraction of sp³-hybridized carbons (Fsp3) is 0.143. The van der Waals surface area contributed by atoms with Crippen molar-refractivity contribution in [2.45, 2.75) is 12.8 Å². The van der Waals surface area contributed by atoms with E-state index in [1.165, 1.54) is 18.3 Å². The molecule has 1 aliphatic heterocycles. The fourth-order valence-corrected chi connectivity index (χ4v) is 3.58. The van der Waals surface area contributed by atoms with Crippen LogP contribution in [-0.4, -0.2) is 28.3 Å². The molecule has 10 heteroatoms. The van der Waals surface area contributed by atoms with E-state index in [9.17, 15) is 22.8 Å². The molecule has 0 bridgehead atoms. The van der Waals surface area contributed by atoms with Crippen molar-refractivity contribution >= 4 is 34.8 Å². The van der Waals surface area contributed by atoms with Gasteiger partial charge in [-0.3, -0.25) is 14.6 Å². The number of fused-ring (bicyclic) bond motifs is 3. The van der Waals surface area contributed by atoms with E-state index in [-0.39, 0.29) is 33.2 Å². The average molecular weight is 447 g/mol. The second-order valence-corrected chi connectivity index (χ2v) is 7.30. The van der Waals surface area contributed by atoms with E-state index in [4.69, 9.17) is 11.6 Å². The van der Waals surface area contributed by atoms with Crippen LogP contribution in [0.3, 0.4) is 0 Å². The zero-order chi connectivity index (χ0) is 22.3. The summed E-state index contributed by atoms with van der Waals surface area (Å²) in [4.78, 5) is 34.1. The molecule has 0 saturated heterocycles. The van der Waals surface area contributed by atoms with Gasteiger partial charge in [-0.2, -0.15) is 13.8 Å². The number of carbonyl (C=O) groups is 2. The average Bonchev–Trinajstić information content (AvgIpc) is 2.80. The van der Waals surface area contributed by atoms with E-state index in [1.807, 2.05) is 0 Å². The first-order valence-electron chi connectivity index (χ1n) is 9.14. The van der Waals surface area contributed by atoms with E-state index in [2.05, 4.69) is 15.3 Å². The van der Waals surface area contributed by atoms with Crippen molar-refractivity contribution in [3.8, 4) is 11.1 Å². The van der Waals surface area contributed by atoms with Gasteiger partial charge in [0, 0.05) is 23.5 Å². The Morgan fingerprint density at radius 1 is 1.23 bits per heavy atom. The summed E-state index contributed by atoms with van der Waals surface area (Å²) in [7, 11) is 0. The summed E-state index contributed by atoms with van der Waals surface area (Å²) in [6, 6.07) is 7.66. The highest BCUT2D eigenvalue weighted by Crippen LogP contribution is 2.41. The predicted octanol–water partition coefficient (Wildman–Crippen LogP) is 4.30. The van der Waals surface area contributed by atoms with Crippen molar-refractivity contribution < 1.29 is 22.8 Å². The largest absolute Gasteiger partial charge is 0.324 e. The van der Waals surface area contributed by atoms with Gasteiger partial charge in [0.15, 0.2) is 0 Å². The minimum atomic E-state index is -1.14. The van der Waals surface area contributed by atoms with E-state index in [0.717, 1.165) is 17.0 Å². The van der Waals surface area contributed by atoms with Crippen LogP contribution in [0.5, 0.6) is 0 Å². The first-order chi connectivity index (χ1) is 14.8. The molecule has 1 aliphatic rings. The maximum absolute atomic E-state index is 14.7. The molecule has 3 aromatic rings. The number of nitrogens with zero attached hydrogens (tertiary/aromatic N) is 3. The van der Waals surface area contributed by atoms with E-state index < -0.39 is 42.0 Å². The minimum Gasteiger partial charge on any atom is -0.324 e. The van der Waals surface area contributed by atoms with Crippen LogP contribution >= 0.6 is 11.6 Å². The Hall–Kier alpha value is -3.46. The summed E-state index contributed by atoms with van der Waals surface area (Å²) in [6.07, 6.45) is 1.45. The lowest BCUT2D eigenvalue weighted by molar-refractivity contribution is -0.122. The lowest BCUT2D eigenvalue weighted by atomic mass is 9.98. The molecule has 0 spiro atoms. The number of benzene rings is 1. The Morgan fingerprint density at radius 2 is 2.00 bits per heavy atom. The number of aromatic nitrogens is 2. The quantitative estimate of drug-likeness (QED) is 0.609. The number of hydrogen-bond acceptors (Lipinski definition) is 4. The molecule has 31 heavy (non-hydrogen) atoms. The van der Waals surface area contributed by atoms with Crippen LogP contribution in [0, 0.1) is 17.7 Å². The van der Waals surface area contributed by atoms with Gasteiger partial charge in [0.25, 0.3) is 0 Å². The predicted molar refractivity (Wildman–Crippen MR) is 108 cm³/mol. The van der Waals surface area contributed by atoms with Crippen LogP contribution in [0.4, 0.5) is 24.5 Å². The van der Waals surface area contributed by atoms with Crippen LogP contribution in [-0.2, 0) is 9.59 Å². The molecular formula is C21H14ClF3N4O2. The first-order valence-corrected chi connectivity index (χ1v) is 9.51. The number of nitrogens with one attached hydrogen (secondary N) is 1. The van der Waals surface area contributed by atoms with Crippen molar-refractivity contribution in [3.63, 3.8) is 0 Å². The van der Waals surface area contributed by atoms with Gasteiger partial charge < -0.3 is 10.2 Å². The Kier molecular flexibility index (Phi) is 5.36. The third-order valence-electron chi connectivity index (χ3n) is 4.87. The normalized spacial score (nSPS) is 15.2. The Bertz CT molecular complexity index is 1220. The van der Waals surface area contributed by atoms with Crippen molar-refractivity contribution in [1.29, 1.82) is 0 Å². The van der Waals surface area contributed by atoms with Crippen LogP contribution < -0.4 is 10.2 Å². The summed E-state index contributed by atoms with van der Waals surface area (Å²) in [5, 5.41) is 2.33. The van der Waals surface area contributed by atoms with Gasteiger partial charge in [0.1, 0.15) is 12.4 Å².